The summed E-state index contributed by atoms with van der Waals surface area (Å²) in [5.41, 5.74) is 5.08. The normalized spacial score (nSPS) is 13.6. The molecule has 0 spiro atoms. The zero-order chi connectivity index (χ0) is 12.3. The summed E-state index contributed by atoms with van der Waals surface area (Å²) < 4.78 is 43.1. The van der Waals surface area contributed by atoms with Gasteiger partial charge in [-0.05, 0) is 25.1 Å². The highest BCUT2D eigenvalue weighted by molar-refractivity contribution is 9.10. The molecule has 1 aromatic carbocycles. The Morgan fingerprint density at radius 1 is 1.44 bits per heavy atom. The van der Waals surface area contributed by atoms with Gasteiger partial charge >= 0.3 is 6.18 Å². The van der Waals surface area contributed by atoms with Crippen LogP contribution in [-0.2, 0) is 0 Å². The van der Waals surface area contributed by atoms with Crippen molar-refractivity contribution in [3.8, 4) is 5.75 Å². The van der Waals surface area contributed by atoms with Gasteiger partial charge in [-0.25, -0.2) is 0 Å². The molecule has 90 valence electrons. The van der Waals surface area contributed by atoms with Crippen LogP contribution in [0.15, 0.2) is 22.7 Å². The maximum Gasteiger partial charge on any atom is 0.407 e. The molecule has 1 rings (SSSR count). The third kappa shape index (κ3) is 3.12. The van der Waals surface area contributed by atoms with Gasteiger partial charge in [-0.3, -0.25) is 0 Å². The molecule has 1 unspecified atom stereocenters. The average molecular weight is 298 g/mol. The summed E-state index contributed by atoms with van der Waals surface area (Å²) in [7, 11) is 0. The molecule has 6 heteroatoms. The van der Waals surface area contributed by atoms with Crippen LogP contribution in [0, 0.1) is 0 Å². The third-order valence-electron chi connectivity index (χ3n) is 1.96. The molecule has 0 aliphatic heterocycles. The molecular formula is C10H11BrF3NO. The smallest absolute Gasteiger partial charge is 0.407 e. The number of hydrogen-bond acceptors (Lipinski definition) is 2. The highest BCUT2D eigenvalue weighted by Gasteiger charge is 2.39. The molecule has 0 aromatic heterocycles. The van der Waals surface area contributed by atoms with Gasteiger partial charge in [0.25, 0.3) is 0 Å². The van der Waals surface area contributed by atoms with E-state index in [1.165, 1.54) is 12.1 Å². The van der Waals surface area contributed by atoms with Gasteiger partial charge in [0.15, 0.2) is 0 Å². The van der Waals surface area contributed by atoms with E-state index in [2.05, 4.69) is 15.9 Å². The number of ether oxygens (including phenoxy) is 1. The van der Waals surface area contributed by atoms with Gasteiger partial charge in [-0.1, -0.05) is 15.9 Å². The molecule has 0 aliphatic carbocycles. The molecule has 2 nitrogen and oxygen atoms in total. The van der Waals surface area contributed by atoms with Crippen molar-refractivity contribution in [3.05, 3.63) is 28.2 Å². The van der Waals surface area contributed by atoms with Crippen molar-refractivity contribution < 1.29 is 17.9 Å². The minimum absolute atomic E-state index is 0.0660. The summed E-state index contributed by atoms with van der Waals surface area (Å²) in [6.45, 7) is 1.99. The molecule has 0 saturated carbocycles. The van der Waals surface area contributed by atoms with Crippen LogP contribution in [0.5, 0.6) is 5.75 Å². The predicted octanol–water partition coefficient (Wildman–Crippen LogP) is 3.41. The summed E-state index contributed by atoms with van der Waals surface area (Å²) in [6, 6.07) is 2.36. The first-order chi connectivity index (χ1) is 7.36. The first-order valence-corrected chi connectivity index (χ1v) is 5.40. The number of nitrogens with two attached hydrogens (primary N) is 1. The van der Waals surface area contributed by atoms with Gasteiger partial charge in [0, 0.05) is 10.0 Å². The topological polar surface area (TPSA) is 35.2 Å². The second kappa shape index (κ2) is 5.05. The first-order valence-electron chi connectivity index (χ1n) is 4.60. The minimum atomic E-state index is -4.48. The minimum Gasteiger partial charge on any atom is -0.494 e. The number of halogens is 4. The molecule has 0 amide bonds. The Morgan fingerprint density at radius 3 is 2.56 bits per heavy atom. The molecular weight excluding hydrogens is 287 g/mol. The quantitative estimate of drug-likeness (QED) is 0.928. The molecule has 1 aromatic rings. The summed E-state index contributed by atoms with van der Waals surface area (Å²) >= 11 is 3.10. The Labute approximate surface area is 99.7 Å². The second-order valence-electron chi connectivity index (χ2n) is 3.13. The van der Waals surface area contributed by atoms with Crippen LogP contribution < -0.4 is 10.5 Å². The van der Waals surface area contributed by atoms with E-state index in [1.54, 1.807) is 13.0 Å². The highest BCUT2D eigenvalue weighted by atomic mass is 79.9. The van der Waals surface area contributed by atoms with E-state index >= 15 is 0 Å². The predicted molar refractivity (Wildman–Crippen MR) is 58.3 cm³/mol. The lowest BCUT2D eigenvalue weighted by atomic mass is 10.1. The summed E-state index contributed by atoms with van der Waals surface area (Å²) in [6.07, 6.45) is -4.48. The molecule has 0 heterocycles. The number of rotatable bonds is 3. The van der Waals surface area contributed by atoms with Crippen LogP contribution >= 0.6 is 15.9 Å². The third-order valence-corrected chi connectivity index (χ3v) is 2.45. The highest BCUT2D eigenvalue weighted by Crippen LogP contribution is 2.36. The summed E-state index contributed by atoms with van der Waals surface area (Å²) in [4.78, 5) is 0. The fraction of sp³-hybridized carbons (Fsp3) is 0.400. The number of benzene rings is 1. The van der Waals surface area contributed by atoms with Crippen molar-refractivity contribution in [2.45, 2.75) is 19.1 Å². The van der Waals surface area contributed by atoms with E-state index in [1.807, 2.05) is 0 Å². The van der Waals surface area contributed by atoms with Gasteiger partial charge in [0.05, 0.1) is 6.61 Å². The second-order valence-corrected chi connectivity index (χ2v) is 4.05. The van der Waals surface area contributed by atoms with Crippen molar-refractivity contribution >= 4 is 15.9 Å². The molecule has 0 fully saturated rings. The maximum absolute atomic E-state index is 12.5. The molecule has 2 N–H and O–H groups in total. The fourth-order valence-corrected chi connectivity index (χ4v) is 1.60. The van der Waals surface area contributed by atoms with E-state index in [-0.39, 0.29) is 11.3 Å². The largest absolute Gasteiger partial charge is 0.494 e. The lowest BCUT2D eigenvalue weighted by molar-refractivity contribution is -0.149. The van der Waals surface area contributed by atoms with Gasteiger partial charge in [0.1, 0.15) is 11.8 Å². The maximum atomic E-state index is 12.5. The van der Waals surface area contributed by atoms with Gasteiger partial charge in [-0.15, -0.1) is 0 Å². The van der Waals surface area contributed by atoms with Crippen LogP contribution in [0.4, 0.5) is 13.2 Å². The molecule has 0 radical (unpaired) electrons. The summed E-state index contributed by atoms with van der Waals surface area (Å²) in [5, 5.41) is 0. The van der Waals surface area contributed by atoms with Crippen molar-refractivity contribution in [1.82, 2.24) is 0 Å². The Kier molecular flexibility index (Phi) is 4.21. The zero-order valence-electron chi connectivity index (χ0n) is 8.51. The SMILES string of the molecule is CCOc1ccc(Br)cc1C(N)C(F)(F)F. The van der Waals surface area contributed by atoms with Crippen molar-refractivity contribution in [2.24, 2.45) is 5.73 Å². The van der Waals surface area contributed by atoms with E-state index in [0.29, 0.717) is 11.1 Å². The summed E-state index contributed by atoms with van der Waals surface area (Å²) in [5.74, 6) is 0.163. The lowest BCUT2D eigenvalue weighted by Gasteiger charge is -2.19. The Morgan fingerprint density at radius 2 is 2.06 bits per heavy atom. The standard InChI is InChI=1S/C10H11BrF3NO/c1-2-16-8-4-3-6(11)5-7(8)9(15)10(12,13)14/h3-5,9H,2,15H2,1H3. The monoisotopic (exact) mass is 297 g/mol. The van der Waals surface area contributed by atoms with Crippen molar-refractivity contribution in [1.29, 1.82) is 0 Å². The van der Waals surface area contributed by atoms with Gasteiger partial charge in [0.2, 0.25) is 0 Å². The zero-order valence-corrected chi connectivity index (χ0v) is 10.1. The molecule has 0 aliphatic rings. The molecule has 0 saturated heterocycles. The van der Waals surface area contributed by atoms with Crippen LogP contribution in [-0.4, -0.2) is 12.8 Å². The molecule has 0 bridgehead atoms. The number of hydrogen-bond donors (Lipinski definition) is 1. The van der Waals surface area contributed by atoms with Crippen molar-refractivity contribution in [3.63, 3.8) is 0 Å². The van der Waals surface area contributed by atoms with Crippen molar-refractivity contribution in [2.75, 3.05) is 6.61 Å². The van der Waals surface area contributed by atoms with Gasteiger partial charge in [-0.2, -0.15) is 13.2 Å². The fourth-order valence-electron chi connectivity index (χ4n) is 1.23. The van der Waals surface area contributed by atoms with Crippen LogP contribution in [0.2, 0.25) is 0 Å². The van der Waals surface area contributed by atoms with E-state index in [0.717, 1.165) is 0 Å². The molecule has 1 atom stereocenters. The van der Waals surface area contributed by atoms with Gasteiger partial charge < -0.3 is 10.5 Å². The van der Waals surface area contributed by atoms with E-state index in [4.69, 9.17) is 10.5 Å². The van der Waals surface area contributed by atoms with Crippen LogP contribution in [0.3, 0.4) is 0 Å². The first kappa shape index (κ1) is 13.3. The Bertz CT molecular complexity index is 368. The van der Waals surface area contributed by atoms with Crippen LogP contribution in [0.1, 0.15) is 18.5 Å². The number of alkyl halides is 3. The Hall–Kier alpha value is -0.750. The van der Waals surface area contributed by atoms with E-state index < -0.39 is 12.2 Å². The van der Waals surface area contributed by atoms with Crippen LogP contribution in [0.25, 0.3) is 0 Å². The van der Waals surface area contributed by atoms with E-state index in [9.17, 15) is 13.2 Å². The Balaban J connectivity index is 3.14. The average Bonchev–Trinajstić information content (AvgIpc) is 2.18. The molecule has 16 heavy (non-hydrogen) atoms. The lowest BCUT2D eigenvalue weighted by Crippen LogP contribution is -2.29.